The standard InChI is InChI=1S/C32H38F3N7O4/c1-18(2)12-25(42-15-21(10-11-40(5)6)22(13-26(42)43)32(33,34)35)31(46)38-23(14-27(44)45)29-30-39-36-17-41(30)16-24(37-29)28-19(3)8-7-9-20(28)4/h7-9,13,15-18,23,25H,10-12,14H2,1-6H3,(H,38,46)(H,44,45)/t23-,25-/m0/s1. The summed E-state index contributed by atoms with van der Waals surface area (Å²) in [5, 5.41) is 20.7. The second-order valence-electron chi connectivity index (χ2n) is 12.2. The summed E-state index contributed by atoms with van der Waals surface area (Å²) < 4.78 is 44.4. The summed E-state index contributed by atoms with van der Waals surface area (Å²) in [7, 11) is 3.44. The summed E-state index contributed by atoms with van der Waals surface area (Å²) in [5.74, 6) is -2.13. The smallest absolute Gasteiger partial charge is 0.416 e. The number of nitrogens with one attached hydrogen (secondary N) is 1. The second kappa shape index (κ2) is 13.8. The van der Waals surface area contributed by atoms with Gasteiger partial charge in [-0.1, -0.05) is 32.0 Å². The van der Waals surface area contributed by atoms with Gasteiger partial charge in [-0.2, -0.15) is 13.2 Å². The van der Waals surface area contributed by atoms with Crippen molar-refractivity contribution < 1.29 is 27.9 Å². The average Bonchev–Trinajstić information content (AvgIpc) is 3.42. The number of amides is 1. The van der Waals surface area contributed by atoms with Crippen molar-refractivity contribution in [3.63, 3.8) is 0 Å². The zero-order valence-electron chi connectivity index (χ0n) is 26.6. The van der Waals surface area contributed by atoms with Crippen molar-refractivity contribution in [3.8, 4) is 11.3 Å². The van der Waals surface area contributed by atoms with E-state index in [2.05, 4.69) is 15.5 Å². The van der Waals surface area contributed by atoms with Gasteiger partial charge in [0, 0.05) is 30.6 Å². The Morgan fingerprint density at radius 3 is 2.37 bits per heavy atom. The fourth-order valence-electron chi connectivity index (χ4n) is 5.53. The van der Waals surface area contributed by atoms with Gasteiger partial charge in [0.05, 0.1) is 23.7 Å². The molecule has 4 aromatic rings. The van der Waals surface area contributed by atoms with Crippen LogP contribution in [-0.2, 0) is 22.2 Å². The Labute approximate surface area is 264 Å². The molecule has 2 N–H and O–H groups in total. The van der Waals surface area contributed by atoms with Gasteiger partial charge in [-0.25, -0.2) is 4.98 Å². The lowest BCUT2D eigenvalue weighted by Gasteiger charge is -2.26. The molecule has 0 saturated heterocycles. The van der Waals surface area contributed by atoms with Crippen LogP contribution in [-0.4, -0.2) is 66.7 Å². The lowest BCUT2D eigenvalue weighted by Crippen LogP contribution is -2.41. The molecule has 11 nitrogen and oxygen atoms in total. The molecule has 0 fully saturated rings. The van der Waals surface area contributed by atoms with Gasteiger partial charge in [0.1, 0.15) is 18.1 Å². The fourth-order valence-corrected chi connectivity index (χ4v) is 5.53. The van der Waals surface area contributed by atoms with Gasteiger partial charge >= 0.3 is 12.1 Å². The van der Waals surface area contributed by atoms with E-state index in [1.807, 2.05) is 45.9 Å². The molecular formula is C32H38F3N7O4. The van der Waals surface area contributed by atoms with Crippen molar-refractivity contribution in [2.75, 3.05) is 20.6 Å². The third kappa shape index (κ3) is 7.79. The molecule has 0 unspecified atom stereocenters. The number of alkyl halides is 3. The largest absolute Gasteiger partial charge is 0.481 e. The molecule has 1 amide bonds. The van der Waals surface area contributed by atoms with Crippen molar-refractivity contribution in [3.05, 3.63) is 81.3 Å². The third-order valence-electron chi connectivity index (χ3n) is 7.70. The number of carboxylic acid groups (broad SMARTS) is 1. The number of carbonyl (C=O) groups is 2. The SMILES string of the molecule is Cc1cccc(C)c1-c1cn2cnnc2c([C@H](CC(=O)O)NC(=O)[C@H](CC(C)C)n2cc(CCN(C)C)c(C(F)(F)F)cc2=O)n1. The van der Waals surface area contributed by atoms with E-state index in [0.717, 1.165) is 27.5 Å². The molecule has 3 heterocycles. The quantitative estimate of drug-likeness (QED) is 0.229. The van der Waals surface area contributed by atoms with E-state index in [9.17, 15) is 32.7 Å². The number of rotatable bonds is 12. The first-order chi connectivity index (χ1) is 21.6. The lowest BCUT2D eigenvalue weighted by molar-refractivity contribution is -0.139. The van der Waals surface area contributed by atoms with Crippen molar-refractivity contribution >= 4 is 17.5 Å². The summed E-state index contributed by atoms with van der Waals surface area (Å²) in [6, 6.07) is 3.82. The normalized spacial score (nSPS) is 13.4. The van der Waals surface area contributed by atoms with Gasteiger partial charge in [0.2, 0.25) is 5.91 Å². The molecular weight excluding hydrogens is 603 g/mol. The number of aliphatic carboxylic acids is 1. The fraction of sp³-hybridized carbons (Fsp3) is 0.438. The molecule has 4 rings (SSSR count). The summed E-state index contributed by atoms with van der Waals surface area (Å²) in [4.78, 5) is 45.8. The number of fused-ring (bicyclic) bond motifs is 1. The van der Waals surface area contributed by atoms with Crippen LogP contribution < -0.4 is 10.9 Å². The molecule has 246 valence electrons. The molecule has 0 saturated carbocycles. The molecule has 3 aromatic heterocycles. The van der Waals surface area contributed by atoms with E-state index in [1.165, 1.54) is 6.33 Å². The van der Waals surface area contributed by atoms with Crippen LogP contribution in [0.5, 0.6) is 0 Å². The van der Waals surface area contributed by atoms with Gasteiger partial charge in [0.15, 0.2) is 5.65 Å². The highest BCUT2D eigenvalue weighted by atomic mass is 19.4. The monoisotopic (exact) mass is 641 g/mol. The van der Waals surface area contributed by atoms with Crippen LogP contribution >= 0.6 is 0 Å². The van der Waals surface area contributed by atoms with Crippen LogP contribution in [0.1, 0.15) is 66.7 Å². The molecule has 46 heavy (non-hydrogen) atoms. The zero-order valence-corrected chi connectivity index (χ0v) is 26.6. The van der Waals surface area contributed by atoms with Crippen LogP contribution in [0, 0.1) is 19.8 Å². The van der Waals surface area contributed by atoms with E-state index in [1.54, 1.807) is 29.6 Å². The maximum Gasteiger partial charge on any atom is 0.416 e. The number of hydrogen-bond acceptors (Lipinski definition) is 7. The summed E-state index contributed by atoms with van der Waals surface area (Å²) in [5.41, 5.74) is 1.36. The number of aryl methyl sites for hydroxylation is 2. The predicted octanol–water partition coefficient (Wildman–Crippen LogP) is 4.61. The average molecular weight is 642 g/mol. The third-order valence-corrected chi connectivity index (χ3v) is 7.70. The molecule has 14 heteroatoms. The number of carbonyl (C=O) groups excluding carboxylic acids is 1. The van der Waals surface area contributed by atoms with Gasteiger partial charge in [-0.3, -0.25) is 18.8 Å². The predicted molar refractivity (Wildman–Crippen MR) is 165 cm³/mol. The van der Waals surface area contributed by atoms with Crippen LogP contribution in [0.15, 0.2) is 47.8 Å². The number of halogens is 3. The van der Waals surface area contributed by atoms with Crippen molar-refractivity contribution in [1.82, 2.24) is 34.4 Å². The highest BCUT2D eigenvalue weighted by molar-refractivity contribution is 5.82. The minimum absolute atomic E-state index is 0.0142. The molecule has 0 aliphatic rings. The molecule has 0 spiro atoms. The van der Waals surface area contributed by atoms with E-state index >= 15 is 0 Å². The van der Waals surface area contributed by atoms with Crippen molar-refractivity contribution in [2.24, 2.45) is 5.92 Å². The Kier molecular flexibility index (Phi) is 10.3. The first-order valence-electron chi connectivity index (χ1n) is 14.8. The highest BCUT2D eigenvalue weighted by Gasteiger charge is 2.36. The van der Waals surface area contributed by atoms with E-state index in [-0.39, 0.29) is 42.2 Å². The lowest BCUT2D eigenvalue weighted by atomic mass is 9.99. The molecule has 0 bridgehead atoms. The Morgan fingerprint density at radius 2 is 1.78 bits per heavy atom. The Morgan fingerprint density at radius 1 is 1.11 bits per heavy atom. The summed E-state index contributed by atoms with van der Waals surface area (Å²) in [6.45, 7) is 7.74. The van der Waals surface area contributed by atoms with Crippen LogP contribution in [0.4, 0.5) is 13.2 Å². The number of carboxylic acids is 1. The second-order valence-corrected chi connectivity index (χ2v) is 12.2. The van der Waals surface area contributed by atoms with E-state index in [4.69, 9.17) is 4.98 Å². The van der Waals surface area contributed by atoms with Gasteiger partial charge in [0.25, 0.3) is 5.56 Å². The minimum Gasteiger partial charge on any atom is -0.481 e. The minimum atomic E-state index is -4.77. The maximum absolute atomic E-state index is 14.0. The first-order valence-corrected chi connectivity index (χ1v) is 14.8. The van der Waals surface area contributed by atoms with Gasteiger partial charge in [-0.05, 0) is 63.4 Å². The van der Waals surface area contributed by atoms with E-state index < -0.39 is 47.7 Å². The van der Waals surface area contributed by atoms with Crippen molar-refractivity contribution in [2.45, 2.75) is 65.2 Å². The van der Waals surface area contributed by atoms with Crippen LogP contribution in [0.25, 0.3) is 16.9 Å². The first kappa shape index (κ1) is 34.3. The maximum atomic E-state index is 14.0. The Bertz CT molecular complexity index is 1780. The molecule has 0 radical (unpaired) electrons. The number of hydrogen-bond donors (Lipinski definition) is 2. The van der Waals surface area contributed by atoms with Crippen molar-refractivity contribution in [1.29, 1.82) is 0 Å². The number of nitrogens with zero attached hydrogens (tertiary/aromatic N) is 6. The molecule has 2 atom stereocenters. The summed E-state index contributed by atoms with van der Waals surface area (Å²) in [6.07, 6.45) is -1.01. The number of aromatic nitrogens is 5. The van der Waals surface area contributed by atoms with Gasteiger partial charge in [-0.15, -0.1) is 10.2 Å². The highest BCUT2D eigenvalue weighted by Crippen LogP contribution is 2.33. The Hall–Kier alpha value is -4.59. The number of likely N-dealkylation sites (N-methyl/N-ethyl adjacent to an activating group) is 1. The van der Waals surface area contributed by atoms with Gasteiger partial charge < -0.3 is 19.9 Å². The number of benzene rings is 1. The van der Waals surface area contributed by atoms with E-state index in [0.29, 0.717) is 11.8 Å². The molecule has 1 aromatic carbocycles. The molecule has 0 aliphatic carbocycles. The summed E-state index contributed by atoms with van der Waals surface area (Å²) >= 11 is 0. The van der Waals surface area contributed by atoms with Crippen LogP contribution in [0.3, 0.4) is 0 Å². The number of pyridine rings is 1. The molecule has 0 aliphatic heterocycles. The van der Waals surface area contributed by atoms with Crippen LogP contribution in [0.2, 0.25) is 0 Å². The zero-order chi connectivity index (χ0) is 33.9. The Balaban J connectivity index is 1.82. The topological polar surface area (TPSA) is 135 Å².